The van der Waals surface area contributed by atoms with Gasteiger partial charge in [-0.05, 0) is 38.0 Å². The van der Waals surface area contributed by atoms with E-state index in [0.29, 0.717) is 6.54 Å². The first-order valence-corrected chi connectivity index (χ1v) is 8.47. The first kappa shape index (κ1) is 13.4. The van der Waals surface area contributed by atoms with E-state index in [4.69, 9.17) is 10.7 Å². The quantitative estimate of drug-likeness (QED) is 0.830. The fourth-order valence-electron chi connectivity index (χ4n) is 2.51. The molecule has 0 aliphatic heterocycles. The lowest BCUT2D eigenvalue weighted by atomic mass is 10.1. The standard InChI is InChI=1S/C15H25N3S/c1-10(2)7-8-18(12-5-6-12)15-17-14(11-3-4-11)13(9-16)19-15/h10-12H,3-9,16H2,1-2H3. The highest BCUT2D eigenvalue weighted by Gasteiger charge is 2.34. The third kappa shape index (κ3) is 3.11. The Hall–Kier alpha value is -0.610. The third-order valence-electron chi connectivity index (χ3n) is 4.05. The van der Waals surface area contributed by atoms with Gasteiger partial charge in [-0.25, -0.2) is 4.98 Å². The number of hydrogen-bond donors (Lipinski definition) is 1. The molecule has 0 spiro atoms. The zero-order valence-corrected chi connectivity index (χ0v) is 12.9. The van der Waals surface area contributed by atoms with E-state index in [2.05, 4.69) is 18.7 Å². The molecule has 4 heteroatoms. The van der Waals surface area contributed by atoms with Crippen molar-refractivity contribution in [2.24, 2.45) is 11.7 Å². The van der Waals surface area contributed by atoms with Crippen LogP contribution in [-0.4, -0.2) is 17.6 Å². The molecule has 0 bridgehead atoms. The maximum atomic E-state index is 5.90. The molecule has 2 saturated carbocycles. The van der Waals surface area contributed by atoms with Crippen LogP contribution in [0.5, 0.6) is 0 Å². The highest BCUT2D eigenvalue weighted by atomic mass is 32.1. The molecule has 0 aromatic carbocycles. The van der Waals surface area contributed by atoms with Gasteiger partial charge in [-0.3, -0.25) is 0 Å². The topological polar surface area (TPSA) is 42.2 Å². The minimum absolute atomic E-state index is 0.659. The molecule has 106 valence electrons. The Bertz CT molecular complexity index is 433. The van der Waals surface area contributed by atoms with E-state index in [9.17, 15) is 0 Å². The van der Waals surface area contributed by atoms with E-state index in [1.807, 2.05) is 11.3 Å². The lowest BCUT2D eigenvalue weighted by Gasteiger charge is -2.22. The molecular formula is C15H25N3S. The van der Waals surface area contributed by atoms with Crippen LogP contribution >= 0.6 is 11.3 Å². The second-order valence-electron chi connectivity index (χ2n) is 6.39. The van der Waals surface area contributed by atoms with E-state index in [0.717, 1.165) is 24.4 Å². The third-order valence-corrected chi connectivity index (χ3v) is 5.18. The molecule has 2 aliphatic carbocycles. The summed E-state index contributed by atoms with van der Waals surface area (Å²) < 4.78 is 0. The van der Waals surface area contributed by atoms with Crippen molar-refractivity contribution in [2.75, 3.05) is 11.4 Å². The second-order valence-corrected chi connectivity index (χ2v) is 7.45. The van der Waals surface area contributed by atoms with Crippen LogP contribution in [0.2, 0.25) is 0 Å². The van der Waals surface area contributed by atoms with Crippen LogP contribution in [0.15, 0.2) is 0 Å². The van der Waals surface area contributed by atoms with Crippen LogP contribution in [0, 0.1) is 5.92 Å². The second kappa shape index (κ2) is 5.41. The van der Waals surface area contributed by atoms with Crippen LogP contribution in [0.4, 0.5) is 5.13 Å². The molecule has 1 aromatic rings. The zero-order valence-electron chi connectivity index (χ0n) is 12.1. The fraction of sp³-hybridized carbons (Fsp3) is 0.800. The van der Waals surface area contributed by atoms with Gasteiger partial charge in [0.1, 0.15) is 0 Å². The predicted octanol–water partition coefficient (Wildman–Crippen LogP) is 3.49. The Morgan fingerprint density at radius 1 is 1.32 bits per heavy atom. The Morgan fingerprint density at radius 3 is 2.58 bits per heavy atom. The number of nitrogens with two attached hydrogens (primary N) is 1. The Balaban J connectivity index is 1.77. The van der Waals surface area contributed by atoms with Crippen LogP contribution < -0.4 is 10.6 Å². The van der Waals surface area contributed by atoms with E-state index >= 15 is 0 Å². The highest BCUT2D eigenvalue weighted by molar-refractivity contribution is 7.15. The van der Waals surface area contributed by atoms with Crippen molar-refractivity contribution < 1.29 is 0 Å². The molecule has 1 heterocycles. The maximum Gasteiger partial charge on any atom is 0.186 e. The fourth-order valence-corrected chi connectivity index (χ4v) is 3.64. The lowest BCUT2D eigenvalue weighted by Crippen LogP contribution is -2.27. The minimum Gasteiger partial charge on any atom is -0.345 e. The highest BCUT2D eigenvalue weighted by Crippen LogP contribution is 2.45. The van der Waals surface area contributed by atoms with Gasteiger partial charge in [0.05, 0.1) is 5.69 Å². The molecule has 0 atom stereocenters. The van der Waals surface area contributed by atoms with Crippen LogP contribution in [0.1, 0.15) is 62.4 Å². The first-order chi connectivity index (χ1) is 9.19. The van der Waals surface area contributed by atoms with Gasteiger partial charge >= 0.3 is 0 Å². The van der Waals surface area contributed by atoms with Crippen LogP contribution in [0.3, 0.4) is 0 Å². The van der Waals surface area contributed by atoms with Gasteiger partial charge in [0.2, 0.25) is 0 Å². The average Bonchev–Trinajstić information content (AvgIpc) is 3.27. The molecule has 0 radical (unpaired) electrons. The van der Waals surface area contributed by atoms with E-state index in [-0.39, 0.29) is 0 Å². The van der Waals surface area contributed by atoms with E-state index in [1.54, 1.807) is 0 Å². The summed E-state index contributed by atoms with van der Waals surface area (Å²) in [7, 11) is 0. The van der Waals surface area contributed by atoms with Gasteiger partial charge in [0, 0.05) is 29.9 Å². The molecule has 2 fully saturated rings. The molecule has 0 saturated heterocycles. The van der Waals surface area contributed by atoms with Crippen molar-refractivity contribution >= 4 is 16.5 Å². The van der Waals surface area contributed by atoms with Crippen molar-refractivity contribution in [1.82, 2.24) is 4.98 Å². The van der Waals surface area contributed by atoms with Crippen LogP contribution in [0.25, 0.3) is 0 Å². The normalized spacial score (nSPS) is 19.2. The smallest absolute Gasteiger partial charge is 0.186 e. The summed E-state index contributed by atoms with van der Waals surface area (Å²) in [5, 5.41) is 1.24. The summed E-state index contributed by atoms with van der Waals surface area (Å²) >= 11 is 1.85. The SMILES string of the molecule is CC(C)CCN(c1nc(C2CC2)c(CN)s1)C1CC1. The van der Waals surface area contributed by atoms with Crippen molar-refractivity contribution in [3.05, 3.63) is 10.6 Å². The summed E-state index contributed by atoms with van der Waals surface area (Å²) in [6.07, 6.45) is 6.56. The first-order valence-electron chi connectivity index (χ1n) is 7.65. The zero-order chi connectivity index (χ0) is 13.4. The van der Waals surface area contributed by atoms with Crippen molar-refractivity contribution in [3.63, 3.8) is 0 Å². The van der Waals surface area contributed by atoms with E-state index in [1.165, 1.54) is 47.8 Å². The van der Waals surface area contributed by atoms with Crippen molar-refractivity contribution in [2.45, 2.75) is 64.5 Å². The van der Waals surface area contributed by atoms with Gasteiger partial charge in [0.15, 0.2) is 5.13 Å². The number of aromatic nitrogens is 1. The average molecular weight is 279 g/mol. The lowest BCUT2D eigenvalue weighted by molar-refractivity contribution is 0.570. The minimum atomic E-state index is 0.659. The molecule has 2 aliphatic rings. The molecule has 2 N–H and O–H groups in total. The number of thiazole rings is 1. The van der Waals surface area contributed by atoms with Crippen molar-refractivity contribution in [3.8, 4) is 0 Å². The molecule has 1 aromatic heterocycles. The van der Waals surface area contributed by atoms with Gasteiger partial charge in [0.25, 0.3) is 0 Å². The van der Waals surface area contributed by atoms with Crippen LogP contribution in [-0.2, 0) is 6.54 Å². The summed E-state index contributed by atoms with van der Waals surface area (Å²) in [5.74, 6) is 1.48. The summed E-state index contributed by atoms with van der Waals surface area (Å²) in [4.78, 5) is 8.82. The summed E-state index contributed by atoms with van der Waals surface area (Å²) in [6.45, 7) is 6.41. The van der Waals surface area contributed by atoms with Gasteiger partial charge in [-0.2, -0.15) is 0 Å². The molecule has 3 rings (SSSR count). The largest absolute Gasteiger partial charge is 0.345 e. The monoisotopic (exact) mass is 279 g/mol. The number of anilines is 1. The Labute approximate surface area is 120 Å². The maximum absolute atomic E-state index is 5.90. The molecule has 3 nitrogen and oxygen atoms in total. The number of hydrogen-bond acceptors (Lipinski definition) is 4. The number of nitrogens with zero attached hydrogens (tertiary/aromatic N) is 2. The van der Waals surface area contributed by atoms with Gasteiger partial charge in [-0.1, -0.05) is 13.8 Å². The molecular weight excluding hydrogens is 254 g/mol. The van der Waals surface area contributed by atoms with E-state index < -0.39 is 0 Å². The summed E-state index contributed by atoms with van der Waals surface area (Å²) in [6, 6.07) is 0.752. The van der Waals surface area contributed by atoms with Gasteiger partial charge < -0.3 is 10.6 Å². The summed E-state index contributed by atoms with van der Waals surface area (Å²) in [5.41, 5.74) is 7.21. The Kier molecular flexibility index (Phi) is 3.81. The number of rotatable bonds is 7. The van der Waals surface area contributed by atoms with Crippen molar-refractivity contribution in [1.29, 1.82) is 0 Å². The Morgan fingerprint density at radius 2 is 2.05 bits per heavy atom. The van der Waals surface area contributed by atoms with Gasteiger partial charge in [-0.15, -0.1) is 11.3 Å². The molecule has 19 heavy (non-hydrogen) atoms. The predicted molar refractivity (Wildman–Crippen MR) is 81.8 cm³/mol. The molecule has 0 amide bonds. The molecule has 0 unspecified atom stereocenters.